The number of hydrogen-bond acceptors (Lipinski definition) is 9. The number of nitrogens with one attached hydrogen (secondary N) is 1. The number of halogens is 2. The molecule has 0 aliphatic heterocycles. The number of fused-ring (bicyclic) bond motifs is 1. The summed E-state index contributed by atoms with van der Waals surface area (Å²) in [6, 6.07) is 9.08. The van der Waals surface area contributed by atoms with Crippen LogP contribution in [-0.4, -0.2) is 54.0 Å². The number of nitrogen functional groups attached to an aromatic ring is 2. The minimum absolute atomic E-state index is 0.0506. The minimum Gasteiger partial charge on any atom is -0.384 e. The van der Waals surface area contributed by atoms with Gasteiger partial charge in [-0.2, -0.15) is 0 Å². The van der Waals surface area contributed by atoms with Crippen molar-refractivity contribution >= 4 is 38.4 Å². The molecule has 0 radical (unpaired) electrons. The molecule has 0 aliphatic carbocycles. The van der Waals surface area contributed by atoms with Crippen LogP contribution in [0.3, 0.4) is 0 Å². The van der Waals surface area contributed by atoms with Crippen molar-refractivity contribution in [1.82, 2.24) is 19.9 Å². The molecule has 0 atom stereocenters. The van der Waals surface area contributed by atoms with Gasteiger partial charge in [-0.1, -0.05) is 13.0 Å². The quantitative estimate of drug-likeness (QED) is 0.224. The van der Waals surface area contributed by atoms with E-state index in [1.54, 1.807) is 24.4 Å². The minimum atomic E-state index is -3.90. The highest BCUT2D eigenvalue weighted by Gasteiger charge is 2.18. The summed E-state index contributed by atoms with van der Waals surface area (Å²) in [4.78, 5) is 17.3. The number of alkyl halides is 1. The van der Waals surface area contributed by atoms with Gasteiger partial charge in [0.1, 0.15) is 11.3 Å². The Balaban J connectivity index is 0.000000663. The van der Waals surface area contributed by atoms with Crippen molar-refractivity contribution in [2.24, 2.45) is 0 Å². The number of rotatable bonds is 10. The third-order valence-corrected chi connectivity index (χ3v) is 6.94. The van der Waals surface area contributed by atoms with E-state index in [0.717, 1.165) is 25.2 Å². The Bertz CT molecular complexity index is 1570. The van der Waals surface area contributed by atoms with Gasteiger partial charge in [0.2, 0.25) is 10.0 Å². The molecule has 40 heavy (non-hydrogen) atoms. The van der Waals surface area contributed by atoms with Crippen LogP contribution >= 0.6 is 0 Å². The number of nitrogens with two attached hydrogens (primary N) is 2. The highest BCUT2D eigenvalue weighted by molar-refractivity contribution is 7.92. The summed E-state index contributed by atoms with van der Waals surface area (Å²) in [5, 5.41) is 0. The Labute approximate surface area is 232 Å². The van der Waals surface area contributed by atoms with Gasteiger partial charge in [0.25, 0.3) is 0 Å². The van der Waals surface area contributed by atoms with E-state index >= 15 is 4.39 Å². The third-order valence-electron chi connectivity index (χ3n) is 5.58. The van der Waals surface area contributed by atoms with Crippen molar-refractivity contribution in [3.8, 4) is 22.6 Å². The van der Waals surface area contributed by atoms with Crippen molar-refractivity contribution < 1.29 is 21.9 Å². The summed E-state index contributed by atoms with van der Waals surface area (Å²) >= 11 is 0. The van der Waals surface area contributed by atoms with Gasteiger partial charge in [0.15, 0.2) is 17.5 Å². The Hall–Kier alpha value is -3.97. The number of hydrogen-bond donors (Lipinski definition) is 3. The smallest absolute Gasteiger partial charge is 0.232 e. The van der Waals surface area contributed by atoms with Crippen LogP contribution < -0.4 is 16.2 Å². The largest absolute Gasteiger partial charge is 0.384 e. The van der Waals surface area contributed by atoms with Crippen LogP contribution in [-0.2, 0) is 14.8 Å². The SMILES string of the molecule is CCCOCC.Cc1cc(N)ncc1-c1nc(N)c2nc(-c3cccc(NS(=O)(=O)CCCF)c3F)ccc2n1. The predicted molar refractivity (Wildman–Crippen MR) is 154 cm³/mol. The first-order valence-corrected chi connectivity index (χ1v) is 14.3. The molecule has 0 fully saturated rings. The number of anilines is 3. The van der Waals surface area contributed by atoms with E-state index in [0.29, 0.717) is 22.7 Å². The summed E-state index contributed by atoms with van der Waals surface area (Å²) in [7, 11) is -3.90. The van der Waals surface area contributed by atoms with Gasteiger partial charge in [0, 0.05) is 30.5 Å². The highest BCUT2D eigenvalue weighted by atomic mass is 32.2. The number of pyridine rings is 2. The lowest BCUT2D eigenvalue weighted by molar-refractivity contribution is 0.148. The highest BCUT2D eigenvalue weighted by Crippen LogP contribution is 2.30. The van der Waals surface area contributed by atoms with E-state index in [4.69, 9.17) is 16.2 Å². The van der Waals surface area contributed by atoms with Crippen LogP contribution in [0.1, 0.15) is 32.3 Å². The molecule has 4 aromatic rings. The molecule has 10 nitrogen and oxygen atoms in total. The molecule has 3 aromatic heterocycles. The van der Waals surface area contributed by atoms with Crippen LogP contribution in [0.25, 0.3) is 33.7 Å². The van der Waals surface area contributed by atoms with Crippen molar-refractivity contribution in [3.63, 3.8) is 0 Å². The number of benzene rings is 1. The monoisotopic (exact) mass is 573 g/mol. The molecule has 4 rings (SSSR count). The Morgan fingerprint density at radius 3 is 2.48 bits per heavy atom. The van der Waals surface area contributed by atoms with E-state index in [1.165, 1.54) is 18.2 Å². The first-order valence-electron chi connectivity index (χ1n) is 12.7. The maximum absolute atomic E-state index is 15.2. The zero-order chi connectivity index (χ0) is 29.3. The Kier molecular flexibility index (Phi) is 10.6. The van der Waals surface area contributed by atoms with Crippen LogP contribution in [0.15, 0.2) is 42.6 Å². The fourth-order valence-electron chi connectivity index (χ4n) is 3.68. The standard InChI is InChI=1S/C22H21F2N7O2S.C5H12O/c1-12-10-18(25)27-11-14(12)22-29-17-7-6-15(28-20(17)21(26)30-22)13-4-2-5-16(19(13)24)31-34(32,33)9-3-8-23;1-3-5-6-4-2/h2,4-7,10-11,31H,3,8-9H2,1H3,(H2,25,27)(H2,26,29,30);3-5H2,1-2H3. The average Bonchev–Trinajstić information content (AvgIpc) is 2.92. The lowest BCUT2D eigenvalue weighted by atomic mass is 10.1. The van der Waals surface area contributed by atoms with Gasteiger partial charge in [-0.25, -0.2) is 32.7 Å². The number of ether oxygens (including phenoxy) is 1. The molecule has 5 N–H and O–H groups in total. The van der Waals surface area contributed by atoms with Crippen LogP contribution in [0.5, 0.6) is 0 Å². The predicted octanol–water partition coefficient (Wildman–Crippen LogP) is 4.90. The zero-order valence-electron chi connectivity index (χ0n) is 22.6. The van der Waals surface area contributed by atoms with E-state index in [1.807, 2.05) is 13.8 Å². The van der Waals surface area contributed by atoms with Crippen molar-refractivity contribution in [3.05, 3.63) is 54.0 Å². The molecule has 0 spiro atoms. The normalized spacial score (nSPS) is 11.2. The molecular formula is C27H33F2N7O3S. The van der Waals surface area contributed by atoms with Crippen LogP contribution in [0, 0.1) is 12.7 Å². The van der Waals surface area contributed by atoms with Crippen molar-refractivity contribution in [1.29, 1.82) is 0 Å². The van der Waals surface area contributed by atoms with E-state index in [2.05, 4.69) is 31.6 Å². The van der Waals surface area contributed by atoms with Gasteiger partial charge < -0.3 is 16.2 Å². The second-order valence-electron chi connectivity index (χ2n) is 8.75. The van der Waals surface area contributed by atoms with Crippen molar-refractivity contribution in [2.75, 3.05) is 41.8 Å². The molecule has 13 heteroatoms. The summed E-state index contributed by atoms with van der Waals surface area (Å²) < 4.78 is 58.8. The van der Waals surface area contributed by atoms with Crippen LogP contribution in [0.4, 0.5) is 26.1 Å². The average molecular weight is 574 g/mol. The van der Waals surface area contributed by atoms with Gasteiger partial charge in [0.05, 0.1) is 29.3 Å². The lowest BCUT2D eigenvalue weighted by Gasteiger charge is -2.12. The summed E-state index contributed by atoms with van der Waals surface area (Å²) in [5.41, 5.74) is 14.0. The fraction of sp³-hybridized carbons (Fsp3) is 0.333. The second-order valence-corrected chi connectivity index (χ2v) is 10.6. The molecule has 1 aromatic carbocycles. The molecule has 0 bridgehead atoms. The molecule has 0 amide bonds. The third kappa shape index (κ3) is 7.79. The number of aryl methyl sites for hydroxylation is 1. The molecule has 214 valence electrons. The van der Waals surface area contributed by atoms with Gasteiger partial charge in [-0.3, -0.25) is 9.11 Å². The molecule has 0 unspecified atom stereocenters. The topological polar surface area (TPSA) is 159 Å². The maximum atomic E-state index is 15.2. The fourth-order valence-corrected chi connectivity index (χ4v) is 4.76. The Morgan fingerprint density at radius 2 is 1.82 bits per heavy atom. The second kappa shape index (κ2) is 13.9. The first kappa shape index (κ1) is 30.6. The van der Waals surface area contributed by atoms with Gasteiger partial charge in [-0.15, -0.1) is 0 Å². The summed E-state index contributed by atoms with van der Waals surface area (Å²) in [6.07, 6.45) is 2.51. The Morgan fingerprint density at radius 1 is 1.05 bits per heavy atom. The molecule has 0 saturated heterocycles. The summed E-state index contributed by atoms with van der Waals surface area (Å²) in [6.45, 7) is 6.94. The number of sulfonamides is 1. The van der Waals surface area contributed by atoms with E-state index < -0.39 is 28.3 Å². The van der Waals surface area contributed by atoms with E-state index in [-0.39, 0.29) is 34.7 Å². The van der Waals surface area contributed by atoms with Gasteiger partial charge in [-0.05, 0) is 62.6 Å². The maximum Gasteiger partial charge on any atom is 0.232 e. The van der Waals surface area contributed by atoms with Gasteiger partial charge >= 0.3 is 0 Å². The number of aromatic nitrogens is 4. The molecule has 0 aliphatic rings. The molecule has 0 saturated carbocycles. The van der Waals surface area contributed by atoms with E-state index in [9.17, 15) is 12.8 Å². The lowest BCUT2D eigenvalue weighted by Crippen LogP contribution is -2.18. The number of nitrogens with zero attached hydrogens (tertiary/aromatic N) is 4. The molecule has 3 heterocycles. The first-order chi connectivity index (χ1) is 19.1. The summed E-state index contributed by atoms with van der Waals surface area (Å²) in [5.74, 6) is -0.476. The van der Waals surface area contributed by atoms with Crippen LogP contribution in [0.2, 0.25) is 0 Å². The molecular weight excluding hydrogens is 540 g/mol. The zero-order valence-corrected chi connectivity index (χ0v) is 23.4. The van der Waals surface area contributed by atoms with Crippen molar-refractivity contribution in [2.45, 2.75) is 33.6 Å².